The van der Waals surface area contributed by atoms with Crippen molar-refractivity contribution >= 4 is 28.9 Å². The van der Waals surface area contributed by atoms with E-state index in [1.54, 1.807) is 0 Å². The molecule has 0 aliphatic heterocycles. The van der Waals surface area contributed by atoms with Crippen molar-refractivity contribution in [2.75, 3.05) is 11.1 Å². The smallest absolute Gasteiger partial charge is 0.397 e. The van der Waals surface area contributed by atoms with Gasteiger partial charge in [0.2, 0.25) is 0 Å². The molecule has 0 aliphatic carbocycles. The first kappa shape index (κ1) is 15.2. The SMILES string of the molecule is Nc1cc(C(F)(F)F)ccc1NC(=O)c1ccc(Cl)cc1. The minimum Gasteiger partial charge on any atom is -0.397 e. The van der Waals surface area contributed by atoms with E-state index in [9.17, 15) is 18.0 Å². The maximum atomic E-state index is 12.5. The molecule has 0 aromatic heterocycles. The number of carbonyl (C=O) groups is 1. The highest BCUT2D eigenvalue weighted by Gasteiger charge is 2.30. The summed E-state index contributed by atoms with van der Waals surface area (Å²) in [6.07, 6.45) is -4.48. The van der Waals surface area contributed by atoms with Crippen LogP contribution in [0.5, 0.6) is 0 Å². The highest BCUT2D eigenvalue weighted by Crippen LogP contribution is 2.32. The van der Waals surface area contributed by atoms with Crippen molar-refractivity contribution in [3.8, 4) is 0 Å². The zero-order chi connectivity index (χ0) is 15.6. The van der Waals surface area contributed by atoms with E-state index in [0.717, 1.165) is 18.2 Å². The first-order valence-electron chi connectivity index (χ1n) is 5.81. The van der Waals surface area contributed by atoms with Crippen molar-refractivity contribution < 1.29 is 18.0 Å². The predicted molar refractivity (Wildman–Crippen MR) is 75.3 cm³/mol. The number of benzene rings is 2. The third-order valence-electron chi connectivity index (χ3n) is 2.73. The summed E-state index contributed by atoms with van der Waals surface area (Å²) >= 11 is 5.70. The van der Waals surface area contributed by atoms with E-state index >= 15 is 0 Å². The molecule has 3 nitrogen and oxygen atoms in total. The normalized spacial score (nSPS) is 11.2. The van der Waals surface area contributed by atoms with Gasteiger partial charge >= 0.3 is 6.18 Å². The van der Waals surface area contributed by atoms with Gasteiger partial charge in [-0.1, -0.05) is 11.6 Å². The Kier molecular flexibility index (Phi) is 4.09. The van der Waals surface area contributed by atoms with Crippen molar-refractivity contribution in [2.45, 2.75) is 6.18 Å². The molecular formula is C14H10ClF3N2O. The third kappa shape index (κ3) is 3.66. The van der Waals surface area contributed by atoms with Gasteiger partial charge < -0.3 is 11.1 Å². The molecule has 1 amide bonds. The Morgan fingerprint density at radius 1 is 1.10 bits per heavy atom. The molecule has 2 rings (SSSR count). The van der Waals surface area contributed by atoms with E-state index in [1.807, 2.05) is 0 Å². The number of nitrogens with one attached hydrogen (secondary N) is 1. The molecule has 2 aromatic rings. The van der Waals surface area contributed by atoms with Crippen LogP contribution in [-0.2, 0) is 6.18 Å². The van der Waals surface area contributed by atoms with E-state index in [0.29, 0.717) is 10.6 Å². The number of nitrogens with two attached hydrogens (primary N) is 1. The van der Waals surface area contributed by atoms with Crippen LogP contribution in [0.15, 0.2) is 42.5 Å². The number of anilines is 2. The van der Waals surface area contributed by atoms with Gasteiger partial charge in [-0.25, -0.2) is 0 Å². The monoisotopic (exact) mass is 314 g/mol. The minimum atomic E-state index is -4.48. The second kappa shape index (κ2) is 5.65. The summed E-state index contributed by atoms with van der Waals surface area (Å²) in [5.74, 6) is -0.488. The minimum absolute atomic E-state index is 0.114. The summed E-state index contributed by atoms with van der Waals surface area (Å²) < 4.78 is 37.5. The molecule has 0 aliphatic rings. The second-order valence-corrected chi connectivity index (χ2v) is 4.70. The van der Waals surface area contributed by atoms with Gasteiger partial charge in [0.25, 0.3) is 5.91 Å². The molecular weight excluding hydrogens is 305 g/mol. The lowest BCUT2D eigenvalue weighted by molar-refractivity contribution is -0.137. The van der Waals surface area contributed by atoms with Gasteiger partial charge in [-0.3, -0.25) is 4.79 Å². The molecule has 21 heavy (non-hydrogen) atoms. The Balaban J connectivity index is 2.20. The van der Waals surface area contributed by atoms with Gasteiger partial charge in [0, 0.05) is 10.6 Å². The first-order valence-corrected chi connectivity index (χ1v) is 6.19. The molecule has 110 valence electrons. The number of amides is 1. The fourth-order valence-electron chi connectivity index (χ4n) is 1.65. The van der Waals surface area contributed by atoms with Crippen molar-refractivity contribution in [2.24, 2.45) is 0 Å². The Morgan fingerprint density at radius 2 is 1.71 bits per heavy atom. The standard InChI is InChI=1S/C14H10ClF3N2O/c15-10-4-1-8(2-5-10)13(21)20-12-6-3-9(7-11(12)19)14(16,17)18/h1-7H,19H2,(H,20,21). The summed E-state index contributed by atoms with van der Waals surface area (Å²) in [6.45, 7) is 0. The van der Waals surface area contributed by atoms with Gasteiger partial charge in [-0.2, -0.15) is 13.2 Å². The Bertz CT molecular complexity index is 669. The number of carbonyl (C=O) groups excluding carboxylic acids is 1. The highest BCUT2D eigenvalue weighted by atomic mass is 35.5. The number of halogens is 4. The summed E-state index contributed by atoms with van der Waals surface area (Å²) in [5.41, 5.74) is 4.93. The van der Waals surface area contributed by atoms with E-state index < -0.39 is 17.6 Å². The van der Waals surface area contributed by atoms with Gasteiger partial charge in [0.05, 0.1) is 16.9 Å². The number of hydrogen-bond donors (Lipinski definition) is 2. The number of alkyl halides is 3. The van der Waals surface area contributed by atoms with Crippen LogP contribution in [0.3, 0.4) is 0 Å². The van der Waals surface area contributed by atoms with Gasteiger partial charge in [-0.05, 0) is 42.5 Å². The average Bonchev–Trinajstić information content (AvgIpc) is 2.40. The molecule has 0 bridgehead atoms. The Morgan fingerprint density at radius 3 is 2.24 bits per heavy atom. The molecule has 0 radical (unpaired) electrons. The molecule has 2 aromatic carbocycles. The van der Waals surface area contributed by atoms with E-state index in [-0.39, 0.29) is 11.4 Å². The van der Waals surface area contributed by atoms with Crippen molar-refractivity contribution in [1.29, 1.82) is 0 Å². The van der Waals surface area contributed by atoms with Crippen LogP contribution in [-0.4, -0.2) is 5.91 Å². The largest absolute Gasteiger partial charge is 0.416 e. The lowest BCUT2D eigenvalue weighted by Crippen LogP contribution is -2.14. The predicted octanol–water partition coefficient (Wildman–Crippen LogP) is 4.19. The number of nitrogen functional groups attached to an aromatic ring is 1. The maximum absolute atomic E-state index is 12.5. The molecule has 0 atom stereocenters. The zero-order valence-electron chi connectivity index (χ0n) is 10.5. The number of hydrogen-bond acceptors (Lipinski definition) is 2. The van der Waals surface area contributed by atoms with Crippen molar-refractivity contribution in [3.05, 3.63) is 58.6 Å². The summed E-state index contributed by atoms with van der Waals surface area (Å²) in [7, 11) is 0. The van der Waals surface area contributed by atoms with E-state index in [2.05, 4.69) is 5.32 Å². The average molecular weight is 315 g/mol. The molecule has 0 heterocycles. The van der Waals surface area contributed by atoms with Crippen LogP contribution in [0, 0.1) is 0 Å². The molecule has 0 unspecified atom stereocenters. The van der Waals surface area contributed by atoms with Crippen LogP contribution in [0.2, 0.25) is 5.02 Å². The van der Waals surface area contributed by atoms with E-state index in [1.165, 1.54) is 24.3 Å². The molecule has 0 saturated carbocycles. The summed E-state index contributed by atoms with van der Waals surface area (Å²) in [6, 6.07) is 8.81. The number of rotatable bonds is 2. The first-order chi connectivity index (χ1) is 9.77. The van der Waals surface area contributed by atoms with Crippen LogP contribution < -0.4 is 11.1 Å². The van der Waals surface area contributed by atoms with Crippen LogP contribution in [0.25, 0.3) is 0 Å². The van der Waals surface area contributed by atoms with Gasteiger partial charge in [-0.15, -0.1) is 0 Å². The molecule has 0 saturated heterocycles. The molecule has 0 fully saturated rings. The fourth-order valence-corrected chi connectivity index (χ4v) is 1.77. The van der Waals surface area contributed by atoms with Crippen LogP contribution >= 0.6 is 11.6 Å². The quantitative estimate of drug-likeness (QED) is 0.816. The third-order valence-corrected chi connectivity index (χ3v) is 2.99. The molecule has 3 N–H and O–H groups in total. The highest BCUT2D eigenvalue weighted by molar-refractivity contribution is 6.30. The Hall–Kier alpha value is -2.21. The van der Waals surface area contributed by atoms with Gasteiger partial charge in [0.15, 0.2) is 0 Å². The summed E-state index contributed by atoms with van der Waals surface area (Å²) in [5, 5.41) is 2.92. The fraction of sp³-hybridized carbons (Fsp3) is 0.0714. The maximum Gasteiger partial charge on any atom is 0.416 e. The lowest BCUT2D eigenvalue weighted by atomic mass is 10.1. The van der Waals surface area contributed by atoms with Gasteiger partial charge in [0.1, 0.15) is 0 Å². The van der Waals surface area contributed by atoms with Crippen molar-refractivity contribution in [3.63, 3.8) is 0 Å². The van der Waals surface area contributed by atoms with E-state index in [4.69, 9.17) is 17.3 Å². The van der Waals surface area contributed by atoms with Crippen molar-refractivity contribution in [1.82, 2.24) is 0 Å². The second-order valence-electron chi connectivity index (χ2n) is 4.26. The topological polar surface area (TPSA) is 55.1 Å². The van der Waals surface area contributed by atoms with Crippen LogP contribution in [0.4, 0.5) is 24.5 Å². The Labute approximate surface area is 123 Å². The molecule has 7 heteroatoms. The zero-order valence-corrected chi connectivity index (χ0v) is 11.3. The summed E-state index contributed by atoms with van der Waals surface area (Å²) in [4.78, 5) is 11.9. The molecule has 0 spiro atoms. The van der Waals surface area contributed by atoms with Crippen LogP contribution in [0.1, 0.15) is 15.9 Å². The lowest BCUT2D eigenvalue weighted by Gasteiger charge is -2.12.